The van der Waals surface area contributed by atoms with Crippen molar-refractivity contribution in [3.63, 3.8) is 0 Å². The Bertz CT molecular complexity index is 1040. The number of benzene rings is 1. The van der Waals surface area contributed by atoms with Gasteiger partial charge < -0.3 is 15.0 Å². The second-order valence-electron chi connectivity index (χ2n) is 8.17. The third-order valence-corrected chi connectivity index (χ3v) is 5.79. The molecule has 0 saturated carbocycles. The molecular formula is C24H27N5O2. The molecule has 4 rings (SSSR count). The first-order chi connectivity index (χ1) is 15.0. The summed E-state index contributed by atoms with van der Waals surface area (Å²) in [5, 5.41) is 3.18. The Morgan fingerprint density at radius 2 is 1.94 bits per heavy atom. The molecule has 2 aromatic heterocycles. The number of likely N-dealkylation sites (tertiary alicyclic amines) is 1. The summed E-state index contributed by atoms with van der Waals surface area (Å²) in [5.41, 5.74) is 1.20. The maximum Gasteiger partial charge on any atom is 0.233 e. The van der Waals surface area contributed by atoms with Crippen molar-refractivity contribution in [1.82, 2.24) is 19.9 Å². The zero-order valence-electron chi connectivity index (χ0n) is 18.1. The molecule has 1 amide bonds. The van der Waals surface area contributed by atoms with Crippen molar-refractivity contribution in [3.8, 4) is 5.75 Å². The van der Waals surface area contributed by atoms with E-state index < -0.39 is 5.41 Å². The molecule has 1 atom stereocenters. The van der Waals surface area contributed by atoms with Crippen molar-refractivity contribution in [3.05, 3.63) is 72.3 Å². The number of nitrogens with zero attached hydrogens (tertiary/aromatic N) is 4. The van der Waals surface area contributed by atoms with Crippen molar-refractivity contribution in [2.45, 2.75) is 38.1 Å². The van der Waals surface area contributed by atoms with E-state index in [4.69, 9.17) is 9.72 Å². The molecule has 1 fully saturated rings. The first-order valence-electron chi connectivity index (χ1n) is 10.4. The predicted molar refractivity (Wildman–Crippen MR) is 119 cm³/mol. The molecule has 0 bridgehead atoms. The van der Waals surface area contributed by atoms with E-state index >= 15 is 0 Å². The lowest BCUT2D eigenvalue weighted by molar-refractivity contribution is -0.137. The minimum atomic E-state index is -0.648. The molecular weight excluding hydrogens is 390 g/mol. The summed E-state index contributed by atoms with van der Waals surface area (Å²) in [6.45, 7) is 4.69. The minimum Gasteiger partial charge on any atom is -0.497 e. The Kier molecular flexibility index (Phi) is 5.84. The molecule has 7 nitrogen and oxygen atoms in total. The van der Waals surface area contributed by atoms with Crippen LogP contribution in [0.4, 0.5) is 11.6 Å². The molecule has 3 aromatic rings. The highest BCUT2D eigenvalue weighted by Crippen LogP contribution is 2.37. The third kappa shape index (κ3) is 4.35. The summed E-state index contributed by atoms with van der Waals surface area (Å²) < 4.78 is 5.25. The van der Waals surface area contributed by atoms with Crippen molar-refractivity contribution in [2.24, 2.45) is 0 Å². The van der Waals surface area contributed by atoms with Crippen LogP contribution in [0.25, 0.3) is 0 Å². The van der Waals surface area contributed by atoms with Gasteiger partial charge in [0.1, 0.15) is 17.4 Å². The standard InChI is InChI=1S/C24H27N5O2/c1-24(2,17-9-11-18(31-3)12-10-17)23(30)29-15-5-7-20(29)19-6-4-8-21(27-19)28-22-16-25-13-14-26-22/h4,6,8-14,16,20H,5,7,15H2,1-3H3,(H,26,27,28)/t20-/m1/s1. The highest BCUT2D eigenvalue weighted by Gasteiger charge is 2.39. The van der Waals surface area contributed by atoms with Crippen LogP contribution < -0.4 is 10.1 Å². The van der Waals surface area contributed by atoms with Crippen LogP contribution in [-0.2, 0) is 10.2 Å². The van der Waals surface area contributed by atoms with Gasteiger partial charge in [0.2, 0.25) is 5.91 Å². The van der Waals surface area contributed by atoms with Gasteiger partial charge in [-0.25, -0.2) is 9.97 Å². The number of ether oxygens (including phenoxy) is 1. The van der Waals surface area contributed by atoms with E-state index in [0.717, 1.165) is 36.4 Å². The number of pyridine rings is 1. The van der Waals surface area contributed by atoms with Gasteiger partial charge in [-0.1, -0.05) is 18.2 Å². The molecule has 0 spiro atoms. The van der Waals surface area contributed by atoms with Crippen LogP contribution in [0.2, 0.25) is 0 Å². The Morgan fingerprint density at radius 3 is 2.65 bits per heavy atom. The second-order valence-corrected chi connectivity index (χ2v) is 8.17. The lowest BCUT2D eigenvalue weighted by Crippen LogP contribution is -2.43. The number of carbonyl (C=O) groups is 1. The molecule has 31 heavy (non-hydrogen) atoms. The number of carbonyl (C=O) groups excluding carboxylic acids is 1. The number of methoxy groups -OCH3 is 1. The summed E-state index contributed by atoms with van der Waals surface area (Å²) in [6, 6.07) is 13.5. The van der Waals surface area contributed by atoms with E-state index in [1.54, 1.807) is 25.7 Å². The van der Waals surface area contributed by atoms with E-state index in [-0.39, 0.29) is 11.9 Å². The molecule has 0 radical (unpaired) electrons. The third-order valence-electron chi connectivity index (χ3n) is 5.79. The Balaban J connectivity index is 1.55. The first kappa shape index (κ1) is 20.8. The van der Waals surface area contributed by atoms with Gasteiger partial charge in [-0.3, -0.25) is 9.78 Å². The number of amides is 1. The average Bonchev–Trinajstić information content (AvgIpc) is 3.29. The van der Waals surface area contributed by atoms with Gasteiger partial charge in [0.25, 0.3) is 0 Å². The molecule has 7 heteroatoms. The molecule has 1 aliphatic rings. The Labute approximate surface area is 182 Å². The molecule has 160 valence electrons. The quantitative estimate of drug-likeness (QED) is 0.645. The van der Waals surface area contributed by atoms with E-state index in [1.165, 1.54) is 0 Å². The van der Waals surface area contributed by atoms with Crippen LogP contribution in [-0.4, -0.2) is 39.4 Å². The molecule has 1 saturated heterocycles. The van der Waals surface area contributed by atoms with Crippen LogP contribution in [0.3, 0.4) is 0 Å². The van der Waals surface area contributed by atoms with Crippen LogP contribution in [0, 0.1) is 0 Å². The van der Waals surface area contributed by atoms with Crippen LogP contribution in [0.15, 0.2) is 61.1 Å². The summed E-state index contributed by atoms with van der Waals surface area (Å²) >= 11 is 0. The topological polar surface area (TPSA) is 80.2 Å². The van der Waals surface area contributed by atoms with Crippen molar-refractivity contribution < 1.29 is 9.53 Å². The van der Waals surface area contributed by atoms with Gasteiger partial charge >= 0.3 is 0 Å². The fourth-order valence-electron chi connectivity index (χ4n) is 4.01. The fourth-order valence-corrected chi connectivity index (χ4v) is 4.01. The normalized spacial score (nSPS) is 16.2. The van der Waals surface area contributed by atoms with E-state index in [1.807, 2.05) is 61.2 Å². The van der Waals surface area contributed by atoms with Gasteiger partial charge in [0.15, 0.2) is 0 Å². The van der Waals surface area contributed by atoms with E-state index in [0.29, 0.717) is 11.6 Å². The average molecular weight is 418 g/mol. The number of nitrogens with one attached hydrogen (secondary N) is 1. The zero-order valence-corrected chi connectivity index (χ0v) is 18.1. The lowest BCUT2D eigenvalue weighted by atomic mass is 9.83. The maximum atomic E-state index is 13.6. The van der Waals surface area contributed by atoms with Gasteiger partial charge in [0.05, 0.1) is 30.5 Å². The minimum absolute atomic E-state index is 0.0476. The maximum absolute atomic E-state index is 13.6. The van der Waals surface area contributed by atoms with Gasteiger partial charge in [0, 0.05) is 18.9 Å². The number of hydrogen-bond acceptors (Lipinski definition) is 6. The van der Waals surface area contributed by atoms with E-state index in [2.05, 4.69) is 15.3 Å². The monoisotopic (exact) mass is 417 g/mol. The first-order valence-corrected chi connectivity index (χ1v) is 10.4. The number of aromatic nitrogens is 3. The second kappa shape index (κ2) is 8.71. The molecule has 0 unspecified atom stereocenters. The van der Waals surface area contributed by atoms with Crippen molar-refractivity contribution in [2.75, 3.05) is 19.0 Å². The summed E-state index contributed by atoms with van der Waals surface area (Å²) in [7, 11) is 1.64. The van der Waals surface area contributed by atoms with Gasteiger partial charge in [-0.05, 0) is 56.5 Å². The molecule has 0 aliphatic carbocycles. The largest absolute Gasteiger partial charge is 0.497 e. The lowest BCUT2D eigenvalue weighted by Gasteiger charge is -2.33. The molecule has 1 N–H and O–H groups in total. The summed E-state index contributed by atoms with van der Waals surface area (Å²) in [4.78, 5) is 28.7. The summed E-state index contributed by atoms with van der Waals surface area (Å²) in [6.07, 6.45) is 6.76. The van der Waals surface area contributed by atoms with Crippen molar-refractivity contribution in [1.29, 1.82) is 0 Å². The highest BCUT2D eigenvalue weighted by atomic mass is 16.5. The number of hydrogen-bond donors (Lipinski definition) is 1. The summed E-state index contributed by atoms with van der Waals surface area (Å²) in [5.74, 6) is 2.20. The fraction of sp³-hybridized carbons (Fsp3) is 0.333. The Morgan fingerprint density at radius 1 is 1.13 bits per heavy atom. The number of rotatable bonds is 6. The van der Waals surface area contributed by atoms with Crippen LogP contribution in [0.5, 0.6) is 5.75 Å². The van der Waals surface area contributed by atoms with Gasteiger partial charge in [-0.15, -0.1) is 0 Å². The van der Waals surface area contributed by atoms with E-state index in [9.17, 15) is 4.79 Å². The highest BCUT2D eigenvalue weighted by molar-refractivity contribution is 5.88. The van der Waals surface area contributed by atoms with Gasteiger partial charge in [-0.2, -0.15) is 0 Å². The predicted octanol–water partition coefficient (Wildman–Crippen LogP) is 4.27. The zero-order chi connectivity index (χ0) is 21.8. The number of anilines is 2. The molecule has 1 aromatic carbocycles. The smallest absolute Gasteiger partial charge is 0.233 e. The van der Waals surface area contributed by atoms with Crippen LogP contribution in [0.1, 0.15) is 44.0 Å². The Hall–Kier alpha value is -3.48. The van der Waals surface area contributed by atoms with Crippen LogP contribution >= 0.6 is 0 Å². The molecule has 3 heterocycles. The SMILES string of the molecule is COc1ccc(C(C)(C)C(=O)N2CCC[C@@H]2c2cccc(Nc3cnccn3)n2)cc1. The van der Waals surface area contributed by atoms with Crippen molar-refractivity contribution >= 4 is 17.5 Å². The molecule has 1 aliphatic heterocycles.